The van der Waals surface area contributed by atoms with Crippen molar-refractivity contribution < 1.29 is 24.1 Å². The molecule has 172 valence electrons. The molecule has 3 atom stereocenters. The standard InChI is InChI=1S/C26H33NO5/c1-4-32-22-11-6-5-9-19(22)24-21-10-7-8-14-26(21,29)15-16-27(24)25(28)20-13-12-18(30-2)17-23(20)31-3/h5-6,9,11-13,17,21,24,29H,4,7-8,10,14-16H2,1-3H3/t21?,24-,26?/m0/s1. The van der Waals surface area contributed by atoms with Crippen LogP contribution in [0.5, 0.6) is 17.2 Å². The van der Waals surface area contributed by atoms with E-state index in [4.69, 9.17) is 14.2 Å². The van der Waals surface area contributed by atoms with Crippen LogP contribution < -0.4 is 14.2 Å². The molecule has 2 aliphatic rings. The fourth-order valence-corrected chi connectivity index (χ4v) is 5.44. The smallest absolute Gasteiger partial charge is 0.258 e. The fourth-order valence-electron chi connectivity index (χ4n) is 5.44. The van der Waals surface area contributed by atoms with Gasteiger partial charge in [0, 0.05) is 24.1 Å². The SMILES string of the molecule is CCOc1ccccc1[C@H]1C2CCCCC2(O)CCN1C(=O)c1ccc(OC)cc1OC. The van der Waals surface area contributed by atoms with E-state index in [0.717, 1.165) is 37.0 Å². The van der Waals surface area contributed by atoms with Crippen molar-refractivity contribution in [1.29, 1.82) is 0 Å². The normalized spacial score (nSPS) is 25.1. The molecule has 1 amide bonds. The molecular formula is C26H33NO5. The van der Waals surface area contributed by atoms with Crippen LogP contribution >= 0.6 is 0 Å². The molecule has 2 fully saturated rings. The summed E-state index contributed by atoms with van der Waals surface area (Å²) in [5.74, 6) is 1.75. The lowest BCUT2D eigenvalue weighted by molar-refractivity contribution is -0.115. The van der Waals surface area contributed by atoms with Gasteiger partial charge < -0.3 is 24.2 Å². The van der Waals surface area contributed by atoms with Crippen LogP contribution in [0, 0.1) is 5.92 Å². The first-order chi connectivity index (χ1) is 15.5. The second-order valence-electron chi connectivity index (χ2n) is 8.69. The van der Waals surface area contributed by atoms with Crippen molar-refractivity contribution in [3.8, 4) is 17.2 Å². The number of ether oxygens (including phenoxy) is 3. The molecule has 1 N–H and O–H groups in total. The Hall–Kier alpha value is -2.73. The number of carbonyl (C=O) groups excluding carboxylic acids is 1. The highest BCUT2D eigenvalue weighted by atomic mass is 16.5. The monoisotopic (exact) mass is 439 g/mol. The third-order valence-corrected chi connectivity index (χ3v) is 7.01. The second-order valence-corrected chi connectivity index (χ2v) is 8.69. The van der Waals surface area contributed by atoms with Crippen LogP contribution in [0.25, 0.3) is 0 Å². The largest absolute Gasteiger partial charge is 0.497 e. The molecule has 32 heavy (non-hydrogen) atoms. The predicted octanol–water partition coefficient (Wildman–Crippen LogP) is 4.61. The van der Waals surface area contributed by atoms with E-state index in [1.165, 1.54) is 0 Å². The number of hydrogen-bond donors (Lipinski definition) is 1. The molecule has 0 spiro atoms. The van der Waals surface area contributed by atoms with Gasteiger partial charge in [-0.3, -0.25) is 4.79 Å². The van der Waals surface area contributed by atoms with E-state index in [0.29, 0.717) is 36.6 Å². The molecule has 2 aromatic carbocycles. The predicted molar refractivity (Wildman–Crippen MR) is 122 cm³/mol. The molecule has 2 aromatic rings. The van der Waals surface area contributed by atoms with Gasteiger partial charge in [-0.1, -0.05) is 31.0 Å². The Kier molecular flexibility index (Phi) is 6.60. The first-order valence-corrected chi connectivity index (χ1v) is 11.5. The highest BCUT2D eigenvalue weighted by molar-refractivity contribution is 5.97. The van der Waals surface area contributed by atoms with Crippen LogP contribution in [0.15, 0.2) is 42.5 Å². The minimum absolute atomic E-state index is 0.0419. The van der Waals surface area contributed by atoms with E-state index in [9.17, 15) is 9.90 Å². The van der Waals surface area contributed by atoms with E-state index in [1.54, 1.807) is 32.4 Å². The van der Waals surface area contributed by atoms with Gasteiger partial charge in [0.05, 0.1) is 38.0 Å². The molecular weight excluding hydrogens is 406 g/mol. The van der Waals surface area contributed by atoms with Gasteiger partial charge in [0.25, 0.3) is 5.91 Å². The Bertz CT molecular complexity index is 961. The number of methoxy groups -OCH3 is 2. The summed E-state index contributed by atoms with van der Waals surface area (Å²) in [6.45, 7) is 2.98. The molecule has 1 heterocycles. The maximum atomic E-state index is 13.9. The summed E-state index contributed by atoms with van der Waals surface area (Å²) < 4.78 is 16.8. The zero-order chi connectivity index (χ0) is 22.7. The van der Waals surface area contributed by atoms with Gasteiger partial charge in [0.2, 0.25) is 0 Å². The van der Waals surface area contributed by atoms with Crippen molar-refractivity contribution in [1.82, 2.24) is 4.90 Å². The average molecular weight is 440 g/mol. The number of benzene rings is 2. The highest BCUT2D eigenvalue weighted by Crippen LogP contribution is 2.51. The first kappa shape index (κ1) is 22.5. The van der Waals surface area contributed by atoms with Crippen LogP contribution in [0.3, 0.4) is 0 Å². The minimum atomic E-state index is -0.761. The Morgan fingerprint density at radius 1 is 1.09 bits per heavy atom. The minimum Gasteiger partial charge on any atom is -0.497 e. The summed E-state index contributed by atoms with van der Waals surface area (Å²) in [5.41, 5.74) is 0.692. The maximum absolute atomic E-state index is 13.9. The number of fused-ring (bicyclic) bond motifs is 1. The van der Waals surface area contributed by atoms with E-state index in [-0.39, 0.29) is 17.9 Å². The van der Waals surface area contributed by atoms with Gasteiger partial charge in [-0.05, 0) is 44.4 Å². The number of likely N-dealkylation sites (tertiary alicyclic amines) is 1. The van der Waals surface area contributed by atoms with Crippen molar-refractivity contribution in [2.75, 3.05) is 27.4 Å². The quantitative estimate of drug-likeness (QED) is 0.712. The summed E-state index contributed by atoms with van der Waals surface area (Å²) in [6, 6.07) is 12.9. The summed E-state index contributed by atoms with van der Waals surface area (Å²) in [7, 11) is 3.15. The average Bonchev–Trinajstić information content (AvgIpc) is 2.82. The van der Waals surface area contributed by atoms with E-state index < -0.39 is 5.60 Å². The number of carbonyl (C=O) groups is 1. The second kappa shape index (κ2) is 9.41. The van der Waals surface area contributed by atoms with Crippen LogP contribution in [0.1, 0.15) is 61.0 Å². The van der Waals surface area contributed by atoms with Gasteiger partial charge in [0.1, 0.15) is 17.2 Å². The van der Waals surface area contributed by atoms with E-state index in [2.05, 4.69) is 0 Å². The van der Waals surface area contributed by atoms with E-state index in [1.807, 2.05) is 36.1 Å². The molecule has 0 aromatic heterocycles. The van der Waals surface area contributed by atoms with Gasteiger partial charge in [0.15, 0.2) is 0 Å². The van der Waals surface area contributed by atoms with Crippen molar-refractivity contribution >= 4 is 5.91 Å². The molecule has 1 saturated heterocycles. The van der Waals surface area contributed by atoms with Crippen LogP contribution in [-0.2, 0) is 0 Å². The molecule has 1 saturated carbocycles. The van der Waals surface area contributed by atoms with Gasteiger partial charge in [-0.25, -0.2) is 0 Å². The zero-order valence-electron chi connectivity index (χ0n) is 19.2. The summed E-state index contributed by atoms with van der Waals surface area (Å²) in [6.07, 6.45) is 4.31. The summed E-state index contributed by atoms with van der Waals surface area (Å²) >= 11 is 0. The number of hydrogen-bond acceptors (Lipinski definition) is 5. The van der Waals surface area contributed by atoms with Crippen LogP contribution in [0.2, 0.25) is 0 Å². The third kappa shape index (κ3) is 4.04. The molecule has 6 heteroatoms. The number of amides is 1. The fraction of sp³-hybridized carbons (Fsp3) is 0.500. The van der Waals surface area contributed by atoms with Crippen molar-refractivity contribution in [2.45, 2.75) is 50.7 Å². The lowest BCUT2D eigenvalue weighted by Gasteiger charge is -2.52. The highest BCUT2D eigenvalue weighted by Gasteiger charge is 2.51. The summed E-state index contributed by atoms with van der Waals surface area (Å²) in [5, 5.41) is 11.6. The number of para-hydroxylation sites is 1. The molecule has 4 rings (SSSR count). The van der Waals surface area contributed by atoms with Crippen LogP contribution in [-0.4, -0.2) is 48.9 Å². The van der Waals surface area contributed by atoms with E-state index >= 15 is 0 Å². The molecule has 2 unspecified atom stereocenters. The Morgan fingerprint density at radius 3 is 2.66 bits per heavy atom. The molecule has 0 radical (unpaired) electrons. The Morgan fingerprint density at radius 2 is 1.91 bits per heavy atom. The van der Waals surface area contributed by atoms with Gasteiger partial charge in [-0.2, -0.15) is 0 Å². The number of piperidine rings is 1. The lowest BCUT2D eigenvalue weighted by atomic mass is 9.66. The number of aliphatic hydroxyl groups is 1. The lowest BCUT2D eigenvalue weighted by Crippen LogP contribution is -2.56. The molecule has 1 aliphatic heterocycles. The van der Waals surface area contributed by atoms with Crippen molar-refractivity contribution in [3.63, 3.8) is 0 Å². The van der Waals surface area contributed by atoms with Gasteiger partial charge >= 0.3 is 0 Å². The van der Waals surface area contributed by atoms with Crippen molar-refractivity contribution in [2.24, 2.45) is 5.92 Å². The number of rotatable bonds is 6. The first-order valence-electron chi connectivity index (χ1n) is 11.5. The Labute approximate surface area is 190 Å². The third-order valence-electron chi connectivity index (χ3n) is 7.01. The van der Waals surface area contributed by atoms with Crippen molar-refractivity contribution in [3.05, 3.63) is 53.6 Å². The summed E-state index contributed by atoms with van der Waals surface area (Å²) in [4.78, 5) is 15.8. The maximum Gasteiger partial charge on any atom is 0.258 e. The number of nitrogens with zero attached hydrogens (tertiary/aromatic N) is 1. The van der Waals surface area contributed by atoms with Gasteiger partial charge in [-0.15, -0.1) is 0 Å². The molecule has 1 aliphatic carbocycles. The Balaban J connectivity index is 1.79. The zero-order valence-corrected chi connectivity index (χ0v) is 19.2. The topological polar surface area (TPSA) is 68.2 Å². The molecule has 0 bridgehead atoms. The molecule has 6 nitrogen and oxygen atoms in total. The van der Waals surface area contributed by atoms with Crippen LogP contribution in [0.4, 0.5) is 0 Å².